The molecule has 0 saturated heterocycles. The molecule has 0 aliphatic carbocycles. The average molecular weight is 200 g/mol. The average Bonchev–Trinajstić information content (AvgIpc) is 2.17. The summed E-state index contributed by atoms with van der Waals surface area (Å²) < 4.78 is 0. The molecule has 0 aromatic heterocycles. The number of hydrogen-bond acceptors (Lipinski definition) is 1. The van der Waals surface area contributed by atoms with Crippen molar-refractivity contribution in [3.8, 4) is 0 Å². The second-order valence-electron chi connectivity index (χ2n) is 3.69. The van der Waals surface area contributed by atoms with Gasteiger partial charge in [-0.05, 0) is 19.3 Å². The molecule has 0 N–H and O–H groups in total. The van der Waals surface area contributed by atoms with Crippen LogP contribution in [0.2, 0.25) is 0 Å². The van der Waals surface area contributed by atoms with E-state index < -0.39 is 0 Å². The molecule has 0 aromatic carbocycles. The number of rotatable bonds is 6. The van der Waals surface area contributed by atoms with Crippen LogP contribution in [0.15, 0.2) is 0 Å². The highest BCUT2D eigenvalue weighted by Gasteiger charge is 2.14. The van der Waals surface area contributed by atoms with E-state index in [1.807, 2.05) is 16.8 Å². The van der Waals surface area contributed by atoms with E-state index in [-0.39, 0.29) is 6.03 Å². The number of urea groups is 1. The Bertz CT molecular complexity index is 153. The molecule has 84 valence electrons. The van der Waals surface area contributed by atoms with E-state index in [1.54, 1.807) is 0 Å². The fraction of sp³-hybridized carbons (Fsp3) is 0.909. The van der Waals surface area contributed by atoms with Crippen LogP contribution in [0, 0.1) is 0 Å². The molecule has 0 aliphatic heterocycles. The lowest BCUT2D eigenvalue weighted by Gasteiger charge is -2.27. The second kappa shape index (κ2) is 7.65. The van der Waals surface area contributed by atoms with Crippen LogP contribution >= 0.6 is 0 Å². The summed E-state index contributed by atoms with van der Waals surface area (Å²) in [5.74, 6) is 0. The molecular weight excluding hydrogens is 176 g/mol. The summed E-state index contributed by atoms with van der Waals surface area (Å²) in [6.07, 6.45) is 3.09. The van der Waals surface area contributed by atoms with Crippen LogP contribution in [0.4, 0.5) is 4.79 Å². The summed E-state index contributed by atoms with van der Waals surface area (Å²) in [5, 5.41) is 0. The molecule has 0 rings (SSSR count). The van der Waals surface area contributed by atoms with Gasteiger partial charge in [-0.25, -0.2) is 4.79 Å². The van der Waals surface area contributed by atoms with E-state index in [0.29, 0.717) is 0 Å². The van der Waals surface area contributed by atoms with E-state index in [1.165, 1.54) is 0 Å². The fourth-order valence-corrected chi connectivity index (χ4v) is 1.52. The molecule has 14 heavy (non-hydrogen) atoms. The normalized spacial score (nSPS) is 10.0. The standard InChI is InChI=1S/C11H24N2O/c1-5-8-12(4)11(14)13(9-6-2)10-7-3/h5-10H2,1-4H3. The highest BCUT2D eigenvalue weighted by Crippen LogP contribution is 2.00. The predicted molar refractivity (Wildman–Crippen MR) is 60.5 cm³/mol. The van der Waals surface area contributed by atoms with Gasteiger partial charge in [-0.15, -0.1) is 0 Å². The number of amides is 2. The van der Waals surface area contributed by atoms with Crippen molar-refractivity contribution in [2.75, 3.05) is 26.7 Å². The minimum Gasteiger partial charge on any atom is -0.328 e. The zero-order valence-electron chi connectivity index (χ0n) is 10.0. The maximum Gasteiger partial charge on any atom is 0.319 e. The van der Waals surface area contributed by atoms with E-state index in [0.717, 1.165) is 38.9 Å². The first-order valence-corrected chi connectivity index (χ1v) is 5.67. The lowest BCUT2D eigenvalue weighted by molar-refractivity contribution is 0.162. The monoisotopic (exact) mass is 200 g/mol. The summed E-state index contributed by atoms with van der Waals surface area (Å²) in [4.78, 5) is 15.6. The van der Waals surface area contributed by atoms with Crippen molar-refractivity contribution in [3.63, 3.8) is 0 Å². The largest absolute Gasteiger partial charge is 0.328 e. The highest BCUT2D eigenvalue weighted by atomic mass is 16.2. The zero-order chi connectivity index (χ0) is 11.0. The Morgan fingerprint density at radius 3 is 1.71 bits per heavy atom. The Morgan fingerprint density at radius 2 is 1.36 bits per heavy atom. The summed E-state index contributed by atoms with van der Waals surface area (Å²) in [6.45, 7) is 8.91. The van der Waals surface area contributed by atoms with Crippen LogP contribution in [-0.2, 0) is 0 Å². The van der Waals surface area contributed by atoms with Crippen molar-refractivity contribution in [1.82, 2.24) is 9.80 Å². The SMILES string of the molecule is CCCN(C)C(=O)N(CCC)CCC. The summed E-state index contributed by atoms with van der Waals surface area (Å²) in [7, 11) is 1.88. The minimum atomic E-state index is 0.176. The van der Waals surface area contributed by atoms with Gasteiger partial charge in [-0.2, -0.15) is 0 Å². The molecule has 0 unspecified atom stereocenters. The second-order valence-corrected chi connectivity index (χ2v) is 3.69. The van der Waals surface area contributed by atoms with Gasteiger partial charge in [-0.1, -0.05) is 20.8 Å². The van der Waals surface area contributed by atoms with Crippen LogP contribution in [-0.4, -0.2) is 42.5 Å². The van der Waals surface area contributed by atoms with Gasteiger partial charge in [0.15, 0.2) is 0 Å². The molecule has 0 aliphatic rings. The van der Waals surface area contributed by atoms with Crippen molar-refractivity contribution in [2.24, 2.45) is 0 Å². The van der Waals surface area contributed by atoms with Gasteiger partial charge < -0.3 is 9.80 Å². The molecular formula is C11H24N2O. The third-order valence-corrected chi connectivity index (χ3v) is 2.14. The van der Waals surface area contributed by atoms with Gasteiger partial charge in [0.05, 0.1) is 0 Å². The van der Waals surface area contributed by atoms with Crippen LogP contribution in [0.1, 0.15) is 40.0 Å². The number of hydrogen-bond donors (Lipinski definition) is 0. The number of carbonyl (C=O) groups is 1. The van der Waals surface area contributed by atoms with Crippen molar-refractivity contribution >= 4 is 6.03 Å². The van der Waals surface area contributed by atoms with E-state index in [4.69, 9.17) is 0 Å². The molecule has 0 radical (unpaired) electrons. The van der Waals surface area contributed by atoms with Gasteiger partial charge in [0.2, 0.25) is 0 Å². The fourth-order valence-electron chi connectivity index (χ4n) is 1.52. The molecule has 0 aromatic rings. The molecule has 0 bridgehead atoms. The lowest BCUT2D eigenvalue weighted by atomic mass is 10.3. The number of nitrogens with zero attached hydrogens (tertiary/aromatic N) is 2. The molecule has 0 fully saturated rings. The topological polar surface area (TPSA) is 23.6 Å². The summed E-state index contributed by atoms with van der Waals surface area (Å²) >= 11 is 0. The van der Waals surface area contributed by atoms with Gasteiger partial charge in [0.25, 0.3) is 0 Å². The molecule has 2 amide bonds. The minimum absolute atomic E-state index is 0.176. The highest BCUT2D eigenvalue weighted by molar-refractivity contribution is 5.74. The first kappa shape index (κ1) is 13.3. The van der Waals surface area contributed by atoms with Crippen molar-refractivity contribution in [1.29, 1.82) is 0 Å². The first-order chi connectivity index (χ1) is 6.67. The smallest absolute Gasteiger partial charge is 0.319 e. The third-order valence-electron chi connectivity index (χ3n) is 2.14. The van der Waals surface area contributed by atoms with E-state index in [2.05, 4.69) is 20.8 Å². The molecule has 3 heteroatoms. The van der Waals surface area contributed by atoms with Gasteiger partial charge >= 0.3 is 6.03 Å². The van der Waals surface area contributed by atoms with Crippen molar-refractivity contribution in [3.05, 3.63) is 0 Å². The third kappa shape index (κ3) is 4.49. The maximum absolute atomic E-state index is 11.9. The van der Waals surface area contributed by atoms with Gasteiger partial charge in [-0.3, -0.25) is 0 Å². The van der Waals surface area contributed by atoms with E-state index >= 15 is 0 Å². The van der Waals surface area contributed by atoms with Crippen LogP contribution in [0.25, 0.3) is 0 Å². The molecule has 3 nitrogen and oxygen atoms in total. The predicted octanol–water partition coefficient (Wildman–Crippen LogP) is 2.57. The summed E-state index contributed by atoms with van der Waals surface area (Å²) in [6, 6.07) is 0.176. The Labute approximate surface area is 88.1 Å². The van der Waals surface area contributed by atoms with E-state index in [9.17, 15) is 4.79 Å². The lowest BCUT2D eigenvalue weighted by Crippen LogP contribution is -2.42. The Balaban J connectivity index is 4.11. The maximum atomic E-state index is 11.9. The Kier molecular flexibility index (Phi) is 7.25. The molecule has 0 saturated carbocycles. The molecule has 0 heterocycles. The van der Waals surface area contributed by atoms with Gasteiger partial charge in [0, 0.05) is 26.7 Å². The summed E-state index contributed by atoms with van der Waals surface area (Å²) in [5.41, 5.74) is 0. The van der Waals surface area contributed by atoms with Crippen LogP contribution in [0.3, 0.4) is 0 Å². The number of carbonyl (C=O) groups excluding carboxylic acids is 1. The van der Waals surface area contributed by atoms with Crippen molar-refractivity contribution < 1.29 is 4.79 Å². The molecule has 0 atom stereocenters. The Hall–Kier alpha value is -0.730. The zero-order valence-corrected chi connectivity index (χ0v) is 10.0. The van der Waals surface area contributed by atoms with Crippen molar-refractivity contribution in [2.45, 2.75) is 40.0 Å². The Morgan fingerprint density at radius 1 is 0.929 bits per heavy atom. The molecule has 0 spiro atoms. The quantitative estimate of drug-likeness (QED) is 0.646. The van der Waals surface area contributed by atoms with Crippen LogP contribution < -0.4 is 0 Å². The van der Waals surface area contributed by atoms with Crippen LogP contribution in [0.5, 0.6) is 0 Å². The van der Waals surface area contributed by atoms with Gasteiger partial charge in [0.1, 0.15) is 0 Å². The first-order valence-electron chi connectivity index (χ1n) is 5.67.